The molecule has 0 bridgehead atoms. The minimum Gasteiger partial charge on any atom is -0.315 e. The van der Waals surface area contributed by atoms with Crippen LogP contribution in [0.25, 0.3) is 0 Å². The van der Waals surface area contributed by atoms with Gasteiger partial charge in [0.1, 0.15) is 0 Å². The summed E-state index contributed by atoms with van der Waals surface area (Å²) in [5.41, 5.74) is 0. The van der Waals surface area contributed by atoms with Gasteiger partial charge in [0.15, 0.2) is 0 Å². The van der Waals surface area contributed by atoms with Gasteiger partial charge in [-0.15, -0.1) is 0 Å². The molecule has 1 aliphatic heterocycles. The van der Waals surface area contributed by atoms with Gasteiger partial charge in [0.25, 0.3) is 0 Å². The molecule has 0 aromatic carbocycles. The molecule has 0 unspecified atom stereocenters. The molecule has 2 nitrogen and oxygen atoms in total. The van der Waals surface area contributed by atoms with E-state index in [1.807, 2.05) is 0 Å². The Kier molecular flexibility index (Phi) is 3.91. The van der Waals surface area contributed by atoms with E-state index in [-0.39, 0.29) is 0 Å². The van der Waals surface area contributed by atoms with Crippen molar-refractivity contribution in [3.8, 4) is 0 Å². The number of hydrogen-bond donors (Lipinski definition) is 1. The molecule has 3 heteroatoms. The summed E-state index contributed by atoms with van der Waals surface area (Å²) in [4.78, 5) is 2.33. The quantitative estimate of drug-likeness (QED) is 0.673. The Labute approximate surface area is 73.2 Å². The number of rotatable bonds is 2. The lowest BCUT2D eigenvalue weighted by molar-refractivity contribution is 0.322. The monoisotopic (exact) mass is 174 g/mol. The molecule has 64 valence electrons. The van der Waals surface area contributed by atoms with Gasteiger partial charge < -0.3 is 5.32 Å². The van der Waals surface area contributed by atoms with Gasteiger partial charge in [0, 0.05) is 24.7 Å². The van der Waals surface area contributed by atoms with E-state index in [0.717, 1.165) is 37.8 Å². The SMILES string of the molecule is C=C(Cl)CN1CCCNCC1. The molecule has 11 heavy (non-hydrogen) atoms. The van der Waals surface area contributed by atoms with Gasteiger partial charge in [-0.1, -0.05) is 18.2 Å². The van der Waals surface area contributed by atoms with Crippen molar-refractivity contribution in [1.29, 1.82) is 0 Å². The molecule has 0 atom stereocenters. The molecule has 0 amide bonds. The van der Waals surface area contributed by atoms with Crippen LogP contribution in [0.1, 0.15) is 6.42 Å². The minimum absolute atomic E-state index is 0.743. The van der Waals surface area contributed by atoms with E-state index in [1.54, 1.807) is 0 Å². The second-order valence-corrected chi connectivity index (χ2v) is 3.43. The highest BCUT2D eigenvalue weighted by Crippen LogP contribution is 2.02. The van der Waals surface area contributed by atoms with Gasteiger partial charge in [-0.25, -0.2) is 0 Å². The van der Waals surface area contributed by atoms with Crippen molar-refractivity contribution >= 4 is 11.6 Å². The Morgan fingerprint density at radius 2 is 2.27 bits per heavy atom. The first kappa shape index (κ1) is 9.04. The maximum atomic E-state index is 5.71. The molecule has 1 fully saturated rings. The van der Waals surface area contributed by atoms with Gasteiger partial charge in [-0.05, 0) is 19.5 Å². The molecule has 1 heterocycles. The predicted octanol–water partition coefficient (Wildman–Crippen LogP) is 1.03. The van der Waals surface area contributed by atoms with Crippen LogP contribution in [-0.2, 0) is 0 Å². The normalized spacial score (nSPS) is 21.2. The lowest BCUT2D eigenvalue weighted by Crippen LogP contribution is -2.29. The summed E-state index contributed by atoms with van der Waals surface area (Å²) in [6.07, 6.45) is 1.21. The summed E-state index contributed by atoms with van der Waals surface area (Å²) < 4.78 is 0. The van der Waals surface area contributed by atoms with E-state index in [1.165, 1.54) is 6.42 Å². The fourth-order valence-corrected chi connectivity index (χ4v) is 1.47. The molecule has 1 N–H and O–H groups in total. The summed E-state index contributed by atoms with van der Waals surface area (Å²) in [5, 5.41) is 4.08. The van der Waals surface area contributed by atoms with E-state index in [0.29, 0.717) is 0 Å². The van der Waals surface area contributed by atoms with Crippen LogP contribution >= 0.6 is 11.6 Å². The second kappa shape index (κ2) is 4.75. The zero-order valence-electron chi connectivity index (χ0n) is 6.77. The molecule has 1 aliphatic rings. The molecule has 1 rings (SSSR count). The number of halogens is 1. The van der Waals surface area contributed by atoms with Crippen LogP contribution in [0, 0.1) is 0 Å². The Morgan fingerprint density at radius 3 is 3.00 bits per heavy atom. The van der Waals surface area contributed by atoms with Crippen molar-refractivity contribution in [1.82, 2.24) is 10.2 Å². The highest BCUT2D eigenvalue weighted by molar-refractivity contribution is 6.29. The fourth-order valence-electron chi connectivity index (χ4n) is 1.30. The third-order valence-electron chi connectivity index (χ3n) is 1.83. The highest BCUT2D eigenvalue weighted by Gasteiger charge is 2.07. The molecule has 1 saturated heterocycles. The van der Waals surface area contributed by atoms with Crippen molar-refractivity contribution < 1.29 is 0 Å². The van der Waals surface area contributed by atoms with E-state index < -0.39 is 0 Å². The van der Waals surface area contributed by atoms with Crippen LogP contribution in [0.5, 0.6) is 0 Å². The Bertz CT molecular complexity index is 128. The Hall–Kier alpha value is -0.0500. The molecule has 0 aliphatic carbocycles. The summed E-state index contributed by atoms with van der Waals surface area (Å²) >= 11 is 5.71. The fraction of sp³-hybridized carbons (Fsp3) is 0.750. The van der Waals surface area contributed by atoms with E-state index in [2.05, 4.69) is 16.8 Å². The number of nitrogens with one attached hydrogen (secondary N) is 1. The topological polar surface area (TPSA) is 15.3 Å². The summed E-state index contributed by atoms with van der Waals surface area (Å²) in [6, 6.07) is 0. The van der Waals surface area contributed by atoms with Gasteiger partial charge in [-0.3, -0.25) is 4.90 Å². The first-order chi connectivity index (χ1) is 5.29. The number of nitrogens with zero attached hydrogens (tertiary/aromatic N) is 1. The summed E-state index contributed by atoms with van der Waals surface area (Å²) in [7, 11) is 0. The van der Waals surface area contributed by atoms with Crippen LogP contribution in [0.4, 0.5) is 0 Å². The van der Waals surface area contributed by atoms with Crippen molar-refractivity contribution in [2.75, 3.05) is 32.7 Å². The molecular weight excluding hydrogens is 160 g/mol. The highest BCUT2D eigenvalue weighted by atomic mass is 35.5. The van der Waals surface area contributed by atoms with Crippen molar-refractivity contribution in [2.24, 2.45) is 0 Å². The zero-order valence-corrected chi connectivity index (χ0v) is 7.53. The molecule has 0 aromatic heterocycles. The van der Waals surface area contributed by atoms with Crippen molar-refractivity contribution in [3.05, 3.63) is 11.6 Å². The molecule has 0 spiro atoms. The first-order valence-corrected chi connectivity index (χ1v) is 4.43. The Morgan fingerprint density at radius 1 is 1.45 bits per heavy atom. The maximum Gasteiger partial charge on any atom is 0.0336 e. The zero-order chi connectivity index (χ0) is 8.10. The minimum atomic E-state index is 0.743. The average Bonchev–Trinajstić information content (AvgIpc) is 2.14. The Balaban J connectivity index is 2.25. The van der Waals surface area contributed by atoms with Gasteiger partial charge in [0.05, 0.1) is 0 Å². The average molecular weight is 175 g/mol. The molecule has 0 aromatic rings. The molecular formula is C8H15ClN2. The van der Waals surface area contributed by atoms with Gasteiger partial charge in [-0.2, -0.15) is 0 Å². The molecule has 0 saturated carbocycles. The lowest BCUT2D eigenvalue weighted by atomic mass is 10.4. The van der Waals surface area contributed by atoms with E-state index in [4.69, 9.17) is 11.6 Å². The number of hydrogen-bond acceptors (Lipinski definition) is 2. The third-order valence-corrected chi connectivity index (χ3v) is 1.95. The largest absolute Gasteiger partial charge is 0.315 e. The maximum absolute atomic E-state index is 5.71. The summed E-state index contributed by atoms with van der Waals surface area (Å²) in [6.45, 7) is 8.95. The van der Waals surface area contributed by atoms with Gasteiger partial charge >= 0.3 is 0 Å². The summed E-state index contributed by atoms with van der Waals surface area (Å²) in [5.74, 6) is 0. The smallest absolute Gasteiger partial charge is 0.0336 e. The standard InChI is InChI=1S/C8H15ClN2/c1-8(9)7-11-5-2-3-10-4-6-11/h10H,1-7H2. The van der Waals surface area contributed by atoms with Gasteiger partial charge in [0.2, 0.25) is 0 Å². The second-order valence-electron chi connectivity index (χ2n) is 2.90. The van der Waals surface area contributed by atoms with Crippen molar-refractivity contribution in [3.63, 3.8) is 0 Å². The van der Waals surface area contributed by atoms with E-state index in [9.17, 15) is 0 Å². The van der Waals surface area contributed by atoms with E-state index >= 15 is 0 Å². The van der Waals surface area contributed by atoms with Crippen LogP contribution in [0.3, 0.4) is 0 Å². The van der Waals surface area contributed by atoms with Crippen molar-refractivity contribution in [2.45, 2.75) is 6.42 Å². The van der Waals surface area contributed by atoms with Crippen LogP contribution in [0.15, 0.2) is 11.6 Å². The van der Waals surface area contributed by atoms with Crippen LogP contribution in [-0.4, -0.2) is 37.6 Å². The lowest BCUT2D eigenvalue weighted by Gasteiger charge is -2.17. The molecule has 0 radical (unpaired) electrons. The van der Waals surface area contributed by atoms with Crippen LogP contribution in [0.2, 0.25) is 0 Å². The first-order valence-electron chi connectivity index (χ1n) is 4.05. The third kappa shape index (κ3) is 3.75. The van der Waals surface area contributed by atoms with Crippen LogP contribution < -0.4 is 5.32 Å². The predicted molar refractivity (Wildman–Crippen MR) is 48.9 cm³/mol.